The predicted octanol–water partition coefficient (Wildman–Crippen LogP) is 4.66. The van der Waals surface area contributed by atoms with E-state index in [-0.39, 0.29) is 6.61 Å². The fourth-order valence-corrected chi connectivity index (χ4v) is 2.63. The van der Waals surface area contributed by atoms with Crippen LogP contribution in [-0.2, 0) is 11.4 Å². The summed E-state index contributed by atoms with van der Waals surface area (Å²) in [7, 11) is 0. The Balaban J connectivity index is 1.59. The molecule has 0 aliphatic carbocycles. The maximum atomic E-state index is 6.03. The molecule has 0 aliphatic heterocycles. The fraction of sp³-hybridized carbons (Fsp3) is 0.0714. The molecular weight excluding hydrogens is 345 g/mol. The summed E-state index contributed by atoms with van der Waals surface area (Å²) in [6.45, 7) is 0.0764. The number of rotatable bonds is 5. The highest BCUT2D eigenvalue weighted by molar-refractivity contribution is 7.13. The molecule has 2 aromatic heterocycles. The van der Waals surface area contributed by atoms with E-state index < -0.39 is 0 Å². The van der Waals surface area contributed by atoms with Crippen molar-refractivity contribution in [2.45, 2.75) is 6.61 Å². The van der Waals surface area contributed by atoms with Gasteiger partial charge in [0.25, 0.3) is 5.89 Å². The lowest BCUT2D eigenvalue weighted by Crippen LogP contribution is -1.89. The van der Waals surface area contributed by atoms with Crippen molar-refractivity contribution in [3.8, 4) is 10.7 Å². The van der Waals surface area contributed by atoms with Crippen LogP contribution >= 0.6 is 34.5 Å². The van der Waals surface area contributed by atoms with Gasteiger partial charge in [0, 0.05) is 5.56 Å². The molecule has 0 amide bonds. The monoisotopic (exact) mass is 353 g/mol. The zero-order valence-electron chi connectivity index (χ0n) is 11.1. The molecule has 112 valence electrons. The molecule has 0 N–H and O–H groups in total. The highest BCUT2D eigenvalue weighted by Crippen LogP contribution is 2.24. The maximum Gasteiger partial charge on any atom is 0.267 e. The Kier molecular flexibility index (Phi) is 4.72. The van der Waals surface area contributed by atoms with Crippen LogP contribution in [0.3, 0.4) is 0 Å². The zero-order valence-corrected chi connectivity index (χ0v) is 13.4. The lowest BCUT2D eigenvalue weighted by Gasteiger charge is -1.99. The van der Waals surface area contributed by atoms with E-state index in [2.05, 4.69) is 15.3 Å². The van der Waals surface area contributed by atoms with Crippen LogP contribution < -0.4 is 0 Å². The van der Waals surface area contributed by atoms with E-state index in [1.165, 1.54) is 17.6 Å². The van der Waals surface area contributed by atoms with Crippen molar-refractivity contribution < 1.29 is 9.36 Å². The molecule has 0 aliphatic rings. The number of benzene rings is 1. The van der Waals surface area contributed by atoms with E-state index in [1.54, 1.807) is 18.2 Å². The predicted molar refractivity (Wildman–Crippen MR) is 86.5 cm³/mol. The van der Waals surface area contributed by atoms with E-state index in [4.69, 9.17) is 32.6 Å². The number of aromatic nitrogens is 2. The van der Waals surface area contributed by atoms with Gasteiger partial charge in [-0.2, -0.15) is 4.98 Å². The molecule has 3 rings (SSSR count). The minimum Gasteiger partial charge on any atom is -0.386 e. The molecule has 0 spiro atoms. The molecule has 0 fully saturated rings. The molecule has 0 bridgehead atoms. The molecule has 5 nitrogen and oxygen atoms in total. The quantitative estimate of drug-likeness (QED) is 0.494. The Hall–Kier alpha value is -1.89. The summed E-state index contributed by atoms with van der Waals surface area (Å²) in [5.74, 6) is 0.883. The van der Waals surface area contributed by atoms with Crippen molar-refractivity contribution in [3.05, 3.63) is 57.2 Å². The zero-order chi connectivity index (χ0) is 15.4. The summed E-state index contributed by atoms with van der Waals surface area (Å²) in [6, 6.07) is 9.10. The molecular formula is C14H9Cl2N3O2S. The van der Waals surface area contributed by atoms with Crippen molar-refractivity contribution >= 4 is 40.8 Å². The van der Waals surface area contributed by atoms with Crippen molar-refractivity contribution in [3.63, 3.8) is 0 Å². The van der Waals surface area contributed by atoms with Gasteiger partial charge in [-0.25, -0.2) is 0 Å². The highest BCUT2D eigenvalue weighted by Gasteiger charge is 2.09. The first-order chi connectivity index (χ1) is 10.7. The van der Waals surface area contributed by atoms with Gasteiger partial charge in [-0.3, -0.25) is 0 Å². The standard InChI is InChI=1S/C14H9Cl2N3O2S/c15-10-4-1-3-9(13(10)16)7-17-20-8-12-18-14(19-21-12)11-5-2-6-22-11/h1-7H,8H2/b17-7-. The second kappa shape index (κ2) is 6.91. The van der Waals surface area contributed by atoms with Gasteiger partial charge in [0.05, 0.1) is 21.1 Å². The summed E-state index contributed by atoms with van der Waals surface area (Å²) < 4.78 is 5.08. The molecule has 3 aromatic rings. The van der Waals surface area contributed by atoms with E-state index in [0.717, 1.165) is 4.88 Å². The minimum atomic E-state index is 0.0764. The van der Waals surface area contributed by atoms with Gasteiger partial charge in [-0.1, -0.05) is 51.7 Å². The summed E-state index contributed by atoms with van der Waals surface area (Å²) in [6.07, 6.45) is 1.48. The first-order valence-corrected chi connectivity index (χ1v) is 7.83. The molecule has 0 unspecified atom stereocenters. The fourth-order valence-electron chi connectivity index (χ4n) is 1.63. The van der Waals surface area contributed by atoms with Gasteiger partial charge < -0.3 is 9.36 Å². The van der Waals surface area contributed by atoms with Gasteiger partial charge in [0.2, 0.25) is 5.82 Å². The molecule has 2 heterocycles. The van der Waals surface area contributed by atoms with Gasteiger partial charge in [0.1, 0.15) is 0 Å². The van der Waals surface area contributed by atoms with Gasteiger partial charge in [-0.05, 0) is 17.5 Å². The molecule has 0 radical (unpaired) electrons. The third kappa shape index (κ3) is 3.47. The molecule has 0 saturated carbocycles. The summed E-state index contributed by atoms with van der Waals surface area (Å²) in [5, 5.41) is 10.5. The second-order valence-electron chi connectivity index (χ2n) is 4.14. The van der Waals surface area contributed by atoms with Crippen LogP contribution in [0.1, 0.15) is 11.5 Å². The van der Waals surface area contributed by atoms with E-state index in [1.807, 2.05) is 17.5 Å². The molecule has 22 heavy (non-hydrogen) atoms. The van der Waals surface area contributed by atoms with Gasteiger partial charge >= 0.3 is 0 Å². The lowest BCUT2D eigenvalue weighted by atomic mass is 10.2. The minimum absolute atomic E-state index is 0.0764. The number of halogens is 2. The van der Waals surface area contributed by atoms with Gasteiger partial charge in [0.15, 0.2) is 6.61 Å². The normalized spacial score (nSPS) is 11.2. The Morgan fingerprint density at radius 3 is 3.00 bits per heavy atom. The number of nitrogens with zero attached hydrogens (tertiary/aromatic N) is 3. The topological polar surface area (TPSA) is 60.5 Å². The van der Waals surface area contributed by atoms with Crippen molar-refractivity contribution in [2.24, 2.45) is 5.16 Å². The van der Waals surface area contributed by atoms with Crippen LogP contribution in [-0.4, -0.2) is 16.4 Å². The molecule has 8 heteroatoms. The third-order valence-corrected chi connectivity index (χ3v) is 4.34. The smallest absolute Gasteiger partial charge is 0.267 e. The van der Waals surface area contributed by atoms with Crippen LogP contribution in [0.5, 0.6) is 0 Å². The first-order valence-electron chi connectivity index (χ1n) is 6.20. The summed E-state index contributed by atoms with van der Waals surface area (Å²) in [4.78, 5) is 10.3. The van der Waals surface area contributed by atoms with Gasteiger partial charge in [-0.15, -0.1) is 11.3 Å². The van der Waals surface area contributed by atoms with E-state index in [9.17, 15) is 0 Å². The number of hydrogen-bond donors (Lipinski definition) is 0. The van der Waals surface area contributed by atoms with E-state index in [0.29, 0.717) is 27.3 Å². The van der Waals surface area contributed by atoms with E-state index >= 15 is 0 Å². The SMILES string of the molecule is Clc1cccc(/C=N\OCc2nc(-c3cccs3)no2)c1Cl. The Morgan fingerprint density at radius 1 is 1.27 bits per heavy atom. The molecule has 1 aromatic carbocycles. The third-order valence-electron chi connectivity index (χ3n) is 2.65. The van der Waals surface area contributed by atoms with Crippen molar-refractivity contribution in [2.75, 3.05) is 0 Å². The van der Waals surface area contributed by atoms with Crippen LogP contribution in [0, 0.1) is 0 Å². The average Bonchev–Trinajstić information content (AvgIpc) is 3.18. The number of oxime groups is 1. The maximum absolute atomic E-state index is 6.03. The molecule has 0 atom stereocenters. The van der Waals surface area contributed by atoms with Crippen LogP contribution in [0.4, 0.5) is 0 Å². The average molecular weight is 354 g/mol. The second-order valence-corrected chi connectivity index (χ2v) is 5.87. The Bertz CT molecular complexity index is 787. The lowest BCUT2D eigenvalue weighted by molar-refractivity contribution is 0.107. The summed E-state index contributed by atoms with van der Waals surface area (Å²) in [5.41, 5.74) is 0.666. The van der Waals surface area contributed by atoms with Crippen molar-refractivity contribution in [1.29, 1.82) is 0 Å². The first kappa shape index (κ1) is 15.0. The summed E-state index contributed by atoms with van der Waals surface area (Å²) >= 11 is 13.5. The largest absolute Gasteiger partial charge is 0.386 e. The van der Waals surface area contributed by atoms with Crippen LogP contribution in [0.25, 0.3) is 10.7 Å². The highest BCUT2D eigenvalue weighted by atomic mass is 35.5. The van der Waals surface area contributed by atoms with Crippen LogP contribution in [0.15, 0.2) is 45.4 Å². The Morgan fingerprint density at radius 2 is 2.18 bits per heavy atom. The Labute approximate surface area is 140 Å². The van der Waals surface area contributed by atoms with Crippen LogP contribution in [0.2, 0.25) is 10.0 Å². The molecule has 0 saturated heterocycles. The number of hydrogen-bond acceptors (Lipinski definition) is 6. The number of thiophene rings is 1. The van der Waals surface area contributed by atoms with Crippen molar-refractivity contribution in [1.82, 2.24) is 10.1 Å².